The molecule has 0 aliphatic rings. The van der Waals surface area contributed by atoms with Gasteiger partial charge in [0.2, 0.25) is 6.08 Å². The minimum atomic E-state index is -0.760. The van der Waals surface area contributed by atoms with Crippen molar-refractivity contribution >= 4 is 12.0 Å². The van der Waals surface area contributed by atoms with Crippen molar-refractivity contribution in [1.82, 2.24) is 0 Å². The number of isocyanates is 1. The average Bonchev–Trinajstić information content (AvgIpc) is 2.15. The minimum Gasteiger partial charge on any atom is -0.484 e. The van der Waals surface area contributed by atoms with Crippen molar-refractivity contribution in [3.05, 3.63) is 30.1 Å². The van der Waals surface area contributed by atoms with Crippen LogP contribution in [0.5, 0.6) is 5.75 Å². The molecule has 14 heavy (non-hydrogen) atoms. The maximum Gasteiger partial charge on any atom is 0.294 e. The molecule has 0 spiro atoms. The van der Waals surface area contributed by atoms with Crippen molar-refractivity contribution in [3.8, 4) is 5.75 Å². The highest BCUT2D eigenvalue weighted by Gasteiger charge is 2.01. The Morgan fingerprint density at radius 1 is 1.57 bits per heavy atom. The summed E-state index contributed by atoms with van der Waals surface area (Å²) in [5.74, 6) is -1.02. The summed E-state index contributed by atoms with van der Waals surface area (Å²) in [5, 5.41) is 0. The topological polar surface area (TPSA) is 55.7 Å². The fraction of sp³-hybridized carbons (Fsp3) is 0.111. The van der Waals surface area contributed by atoms with Gasteiger partial charge in [0.05, 0.1) is 0 Å². The highest BCUT2D eigenvalue weighted by atomic mass is 19.1. The van der Waals surface area contributed by atoms with E-state index in [0.717, 1.165) is 12.1 Å². The predicted molar refractivity (Wildman–Crippen MR) is 45.0 cm³/mol. The third kappa shape index (κ3) is 3.16. The maximum absolute atomic E-state index is 12.6. The quantitative estimate of drug-likeness (QED) is 0.535. The Kier molecular flexibility index (Phi) is 3.52. The molecule has 0 radical (unpaired) electrons. The van der Waals surface area contributed by atoms with Gasteiger partial charge in [-0.15, -0.1) is 4.99 Å². The minimum absolute atomic E-state index is 0.208. The van der Waals surface area contributed by atoms with E-state index in [2.05, 4.69) is 4.99 Å². The van der Waals surface area contributed by atoms with E-state index in [1.165, 1.54) is 18.2 Å². The van der Waals surface area contributed by atoms with Gasteiger partial charge in [0.25, 0.3) is 5.91 Å². The first-order valence-corrected chi connectivity index (χ1v) is 3.71. The van der Waals surface area contributed by atoms with Crippen LogP contribution in [0.1, 0.15) is 0 Å². The van der Waals surface area contributed by atoms with Gasteiger partial charge in [0.1, 0.15) is 11.6 Å². The van der Waals surface area contributed by atoms with Crippen LogP contribution in [0.3, 0.4) is 0 Å². The standard InChI is InChI=1S/C9H6FNO3/c10-7-2-1-3-8(4-7)14-5-9(13)11-6-12/h1-4H,5H2. The van der Waals surface area contributed by atoms with Crippen LogP contribution in [0.2, 0.25) is 0 Å². The summed E-state index contributed by atoms with van der Waals surface area (Å²) in [6.07, 6.45) is 1.09. The van der Waals surface area contributed by atoms with E-state index in [0.29, 0.717) is 0 Å². The van der Waals surface area contributed by atoms with Crippen molar-refractivity contribution in [1.29, 1.82) is 0 Å². The van der Waals surface area contributed by atoms with Gasteiger partial charge in [0, 0.05) is 6.07 Å². The zero-order chi connectivity index (χ0) is 10.4. The van der Waals surface area contributed by atoms with E-state index in [4.69, 9.17) is 4.74 Å². The first-order valence-electron chi connectivity index (χ1n) is 3.71. The molecule has 0 atom stereocenters. The molecular weight excluding hydrogens is 189 g/mol. The molecule has 1 amide bonds. The lowest BCUT2D eigenvalue weighted by Crippen LogP contribution is -2.08. The number of carbonyl (C=O) groups excluding carboxylic acids is 2. The number of amides is 1. The number of nitrogens with zero attached hydrogens (tertiary/aromatic N) is 1. The molecule has 0 N–H and O–H groups in total. The van der Waals surface area contributed by atoms with Crippen molar-refractivity contribution in [2.45, 2.75) is 0 Å². The Labute approximate surface area is 79.0 Å². The lowest BCUT2D eigenvalue weighted by atomic mass is 10.3. The van der Waals surface area contributed by atoms with Gasteiger partial charge >= 0.3 is 0 Å². The zero-order valence-corrected chi connectivity index (χ0v) is 7.07. The molecule has 72 valence electrons. The van der Waals surface area contributed by atoms with E-state index in [1.807, 2.05) is 0 Å². The largest absolute Gasteiger partial charge is 0.484 e. The number of hydrogen-bond donors (Lipinski definition) is 0. The lowest BCUT2D eigenvalue weighted by molar-refractivity contribution is -0.119. The summed E-state index contributed by atoms with van der Waals surface area (Å²) in [6, 6.07) is 5.30. The summed E-state index contributed by atoms with van der Waals surface area (Å²) in [5.41, 5.74) is 0. The molecule has 0 bridgehead atoms. The van der Waals surface area contributed by atoms with Gasteiger partial charge in [-0.1, -0.05) is 6.07 Å². The monoisotopic (exact) mass is 195 g/mol. The van der Waals surface area contributed by atoms with E-state index in [1.54, 1.807) is 0 Å². The van der Waals surface area contributed by atoms with E-state index >= 15 is 0 Å². The predicted octanol–water partition coefficient (Wildman–Crippen LogP) is 1.07. The van der Waals surface area contributed by atoms with E-state index < -0.39 is 18.3 Å². The zero-order valence-electron chi connectivity index (χ0n) is 7.07. The van der Waals surface area contributed by atoms with Gasteiger partial charge in [0.15, 0.2) is 6.61 Å². The molecule has 0 fully saturated rings. The Balaban J connectivity index is 2.53. The van der Waals surface area contributed by atoms with Crippen LogP contribution in [0, 0.1) is 5.82 Å². The van der Waals surface area contributed by atoms with Gasteiger partial charge in [-0.25, -0.2) is 9.18 Å². The third-order valence-electron chi connectivity index (χ3n) is 1.33. The smallest absolute Gasteiger partial charge is 0.294 e. The Morgan fingerprint density at radius 3 is 3.00 bits per heavy atom. The molecular formula is C9H6FNO3. The maximum atomic E-state index is 12.6. The molecule has 0 aromatic heterocycles. The number of hydrogen-bond acceptors (Lipinski definition) is 3. The second kappa shape index (κ2) is 4.89. The highest BCUT2D eigenvalue weighted by Crippen LogP contribution is 2.11. The molecule has 1 aromatic rings. The molecule has 0 heterocycles. The van der Waals surface area contributed by atoms with Crippen LogP contribution in [0.15, 0.2) is 29.3 Å². The van der Waals surface area contributed by atoms with Gasteiger partial charge in [-0.3, -0.25) is 4.79 Å². The van der Waals surface area contributed by atoms with E-state index in [-0.39, 0.29) is 5.75 Å². The SMILES string of the molecule is O=C=NC(=O)COc1cccc(F)c1. The van der Waals surface area contributed by atoms with Crippen LogP contribution < -0.4 is 4.74 Å². The van der Waals surface area contributed by atoms with Crippen molar-refractivity contribution < 1.29 is 18.7 Å². The summed E-state index contributed by atoms with van der Waals surface area (Å²) in [7, 11) is 0. The molecule has 0 saturated heterocycles. The number of rotatable bonds is 3. The Morgan fingerprint density at radius 2 is 2.36 bits per heavy atom. The second-order valence-corrected chi connectivity index (χ2v) is 2.34. The number of ether oxygens (including phenoxy) is 1. The van der Waals surface area contributed by atoms with Crippen molar-refractivity contribution in [2.75, 3.05) is 6.61 Å². The van der Waals surface area contributed by atoms with Crippen LogP contribution in [-0.2, 0) is 9.59 Å². The third-order valence-corrected chi connectivity index (χ3v) is 1.33. The molecule has 0 aliphatic heterocycles. The molecule has 1 aromatic carbocycles. The van der Waals surface area contributed by atoms with Gasteiger partial charge in [-0.05, 0) is 12.1 Å². The normalized spacial score (nSPS) is 8.93. The summed E-state index contributed by atoms with van der Waals surface area (Å²) in [4.78, 5) is 23.1. The van der Waals surface area contributed by atoms with Gasteiger partial charge < -0.3 is 4.74 Å². The fourth-order valence-electron chi connectivity index (χ4n) is 0.785. The molecule has 0 saturated carbocycles. The van der Waals surface area contributed by atoms with Crippen molar-refractivity contribution in [2.24, 2.45) is 4.99 Å². The Bertz CT molecular complexity index is 385. The lowest BCUT2D eigenvalue weighted by Gasteiger charge is -2.01. The highest BCUT2D eigenvalue weighted by molar-refractivity contribution is 5.82. The number of aliphatic imine (C=N–C) groups is 1. The summed E-state index contributed by atoms with van der Waals surface area (Å²) >= 11 is 0. The van der Waals surface area contributed by atoms with Crippen molar-refractivity contribution in [3.63, 3.8) is 0 Å². The molecule has 0 unspecified atom stereocenters. The molecule has 0 aliphatic carbocycles. The average molecular weight is 195 g/mol. The first-order chi connectivity index (χ1) is 6.72. The molecule has 1 rings (SSSR count). The number of halogens is 1. The fourth-order valence-corrected chi connectivity index (χ4v) is 0.785. The summed E-state index contributed by atoms with van der Waals surface area (Å²) in [6.45, 7) is -0.404. The van der Waals surface area contributed by atoms with E-state index in [9.17, 15) is 14.0 Å². The van der Waals surface area contributed by atoms with Crippen LogP contribution >= 0.6 is 0 Å². The Hall–Kier alpha value is -2.00. The number of benzene rings is 1. The van der Waals surface area contributed by atoms with Crippen LogP contribution in [0.4, 0.5) is 4.39 Å². The first kappa shape index (κ1) is 10.1. The second-order valence-electron chi connectivity index (χ2n) is 2.34. The van der Waals surface area contributed by atoms with Crippen LogP contribution in [0.25, 0.3) is 0 Å². The summed E-state index contributed by atoms with van der Waals surface area (Å²) < 4.78 is 17.4. The van der Waals surface area contributed by atoms with Crippen LogP contribution in [-0.4, -0.2) is 18.6 Å². The number of carbonyl (C=O) groups is 1. The molecule has 4 nitrogen and oxygen atoms in total. The molecule has 5 heteroatoms. The van der Waals surface area contributed by atoms with Gasteiger partial charge in [-0.2, -0.15) is 0 Å².